The number of halogens is 2. The Bertz CT molecular complexity index is 408. The van der Waals surface area contributed by atoms with Gasteiger partial charge in [-0.05, 0) is 43.0 Å². The number of rotatable bonds is 4. The van der Waals surface area contributed by atoms with E-state index in [4.69, 9.17) is 17.3 Å². The molecule has 0 heterocycles. The van der Waals surface area contributed by atoms with Gasteiger partial charge in [-0.1, -0.05) is 30.2 Å². The van der Waals surface area contributed by atoms with E-state index in [2.05, 4.69) is 5.32 Å². The Labute approximate surface area is 125 Å². The van der Waals surface area contributed by atoms with Crippen LogP contribution in [0.5, 0.6) is 0 Å². The van der Waals surface area contributed by atoms with Crippen molar-refractivity contribution < 1.29 is 4.79 Å². The van der Waals surface area contributed by atoms with Crippen LogP contribution >= 0.6 is 24.0 Å². The molecule has 2 atom stereocenters. The predicted octanol–water partition coefficient (Wildman–Crippen LogP) is 2.55. The molecular formula is C14H20Cl2N2O. The summed E-state index contributed by atoms with van der Waals surface area (Å²) in [5.41, 5.74) is 6.69. The van der Waals surface area contributed by atoms with Crippen LogP contribution in [0.25, 0.3) is 0 Å². The maximum atomic E-state index is 11.9. The molecule has 0 radical (unpaired) electrons. The molecule has 19 heavy (non-hydrogen) atoms. The van der Waals surface area contributed by atoms with Crippen LogP contribution in [0.15, 0.2) is 24.3 Å². The normalized spacial score (nSPS) is 21.8. The Balaban J connectivity index is 0.00000180. The third kappa shape index (κ3) is 4.68. The van der Waals surface area contributed by atoms with E-state index >= 15 is 0 Å². The van der Waals surface area contributed by atoms with E-state index in [0.29, 0.717) is 23.9 Å². The minimum absolute atomic E-state index is 0. The lowest BCUT2D eigenvalue weighted by Crippen LogP contribution is -2.40. The monoisotopic (exact) mass is 302 g/mol. The van der Waals surface area contributed by atoms with Crippen LogP contribution in [0, 0.1) is 5.92 Å². The first-order chi connectivity index (χ1) is 8.69. The zero-order valence-electron chi connectivity index (χ0n) is 10.8. The van der Waals surface area contributed by atoms with Crippen molar-refractivity contribution in [3.8, 4) is 0 Å². The highest BCUT2D eigenvalue weighted by Crippen LogP contribution is 2.24. The van der Waals surface area contributed by atoms with E-state index in [1.807, 2.05) is 24.3 Å². The first-order valence-corrected chi connectivity index (χ1v) is 6.80. The molecule has 0 saturated heterocycles. The average Bonchev–Trinajstić information content (AvgIpc) is 2.79. The molecule has 1 fully saturated rings. The fourth-order valence-corrected chi connectivity index (χ4v) is 2.68. The molecule has 1 aromatic rings. The fraction of sp³-hybridized carbons (Fsp3) is 0.500. The summed E-state index contributed by atoms with van der Waals surface area (Å²) in [6, 6.07) is 7.65. The zero-order chi connectivity index (χ0) is 13.0. The molecule has 1 aliphatic rings. The smallest absolute Gasteiger partial charge is 0.224 e. The van der Waals surface area contributed by atoms with E-state index in [-0.39, 0.29) is 24.4 Å². The number of nitrogens with two attached hydrogens (primary N) is 1. The predicted molar refractivity (Wildman–Crippen MR) is 80.7 cm³/mol. The number of carbonyl (C=O) groups is 1. The summed E-state index contributed by atoms with van der Waals surface area (Å²) >= 11 is 5.81. The molecule has 1 amide bonds. The van der Waals surface area contributed by atoms with Crippen LogP contribution < -0.4 is 11.1 Å². The van der Waals surface area contributed by atoms with Gasteiger partial charge in [0.15, 0.2) is 0 Å². The Morgan fingerprint density at radius 1 is 1.32 bits per heavy atom. The number of carbonyl (C=O) groups excluding carboxylic acids is 1. The van der Waals surface area contributed by atoms with Gasteiger partial charge in [0.2, 0.25) is 5.91 Å². The van der Waals surface area contributed by atoms with Gasteiger partial charge in [-0.25, -0.2) is 0 Å². The van der Waals surface area contributed by atoms with Gasteiger partial charge in [0.1, 0.15) is 0 Å². The minimum atomic E-state index is 0. The number of hydrogen-bond donors (Lipinski definition) is 2. The second kappa shape index (κ2) is 7.73. The quantitative estimate of drug-likeness (QED) is 0.898. The van der Waals surface area contributed by atoms with E-state index < -0.39 is 0 Å². The van der Waals surface area contributed by atoms with Gasteiger partial charge in [0.05, 0.1) is 6.42 Å². The van der Waals surface area contributed by atoms with Crippen LogP contribution in [0.3, 0.4) is 0 Å². The molecule has 1 aromatic carbocycles. The van der Waals surface area contributed by atoms with Crippen LogP contribution in [0.1, 0.15) is 24.8 Å². The number of nitrogens with one attached hydrogen (secondary N) is 1. The average molecular weight is 303 g/mol. The van der Waals surface area contributed by atoms with Crippen molar-refractivity contribution in [2.45, 2.75) is 31.7 Å². The van der Waals surface area contributed by atoms with E-state index in [0.717, 1.165) is 24.8 Å². The molecule has 5 heteroatoms. The highest BCUT2D eigenvalue weighted by atomic mass is 35.5. The highest BCUT2D eigenvalue weighted by Gasteiger charge is 2.27. The maximum absolute atomic E-state index is 11.9. The van der Waals surface area contributed by atoms with E-state index in [9.17, 15) is 4.79 Å². The van der Waals surface area contributed by atoms with Gasteiger partial charge in [0.25, 0.3) is 0 Å². The first kappa shape index (κ1) is 16.3. The van der Waals surface area contributed by atoms with Gasteiger partial charge in [0, 0.05) is 11.1 Å². The summed E-state index contributed by atoms with van der Waals surface area (Å²) < 4.78 is 0. The topological polar surface area (TPSA) is 55.1 Å². The second-order valence-electron chi connectivity index (χ2n) is 4.90. The Morgan fingerprint density at radius 2 is 2.00 bits per heavy atom. The number of hydrogen-bond acceptors (Lipinski definition) is 2. The largest absolute Gasteiger partial charge is 0.353 e. The summed E-state index contributed by atoms with van der Waals surface area (Å²) in [7, 11) is 0. The first-order valence-electron chi connectivity index (χ1n) is 6.43. The lowest BCUT2D eigenvalue weighted by atomic mass is 10.0. The number of amides is 1. The fourth-order valence-electron chi connectivity index (χ4n) is 2.55. The second-order valence-corrected chi connectivity index (χ2v) is 5.34. The molecule has 0 aromatic heterocycles. The van der Waals surface area contributed by atoms with Gasteiger partial charge in [-0.3, -0.25) is 4.79 Å². The summed E-state index contributed by atoms with van der Waals surface area (Å²) in [4.78, 5) is 11.9. The Kier molecular flexibility index (Phi) is 6.63. The van der Waals surface area contributed by atoms with Gasteiger partial charge < -0.3 is 11.1 Å². The van der Waals surface area contributed by atoms with Crippen LogP contribution in [-0.2, 0) is 11.2 Å². The molecule has 2 rings (SSSR count). The summed E-state index contributed by atoms with van der Waals surface area (Å²) in [5.74, 6) is 0.516. The van der Waals surface area contributed by atoms with Crippen molar-refractivity contribution in [2.24, 2.45) is 11.7 Å². The van der Waals surface area contributed by atoms with Crippen molar-refractivity contribution in [1.29, 1.82) is 0 Å². The lowest BCUT2D eigenvalue weighted by molar-refractivity contribution is -0.121. The minimum Gasteiger partial charge on any atom is -0.353 e. The molecule has 0 aliphatic heterocycles. The molecular weight excluding hydrogens is 283 g/mol. The Hall–Kier alpha value is -0.770. The molecule has 0 bridgehead atoms. The third-order valence-electron chi connectivity index (χ3n) is 3.59. The Morgan fingerprint density at radius 3 is 2.63 bits per heavy atom. The van der Waals surface area contributed by atoms with Crippen LogP contribution in [-0.4, -0.2) is 18.5 Å². The van der Waals surface area contributed by atoms with Crippen molar-refractivity contribution in [3.63, 3.8) is 0 Å². The number of benzene rings is 1. The van der Waals surface area contributed by atoms with Crippen molar-refractivity contribution in [2.75, 3.05) is 6.54 Å². The van der Waals surface area contributed by atoms with E-state index in [1.165, 1.54) is 0 Å². The van der Waals surface area contributed by atoms with Crippen molar-refractivity contribution in [3.05, 3.63) is 34.9 Å². The van der Waals surface area contributed by atoms with Crippen LogP contribution in [0.4, 0.5) is 0 Å². The molecule has 1 saturated carbocycles. The SMILES string of the molecule is Cl.NCC1CCCC1NC(=O)Cc1ccc(Cl)cc1. The molecule has 106 valence electrons. The molecule has 0 spiro atoms. The molecule has 3 nitrogen and oxygen atoms in total. The highest BCUT2D eigenvalue weighted by molar-refractivity contribution is 6.30. The zero-order valence-corrected chi connectivity index (χ0v) is 12.3. The van der Waals surface area contributed by atoms with Crippen molar-refractivity contribution >= 4 is 29.9 Å². The van der Waals surface area contributed by atoms with Gasteiger partial charge in [-0.2, -0.15) is 0 Å². The van der Waals surface area contributed by atoms with Gasteiger partial charge >= 0.3 is 0 Å². The molecule has 1 aliphatic carbocycles. The van der Waals surface area contributed by atoms with Crippen LogP contribution in [0.2, 0.25) is 5.02 Å². The third-order valence-corrected chi connectivity index (χ3v) is 3.84. The molecule has 3 N–H and O–H groups in total. The maximum Gasteiger partial charge on any atom is 0.224 e. The summed E-state index contributed by atoms with van der Waals surface area (Å²) in [6.07, 6.45) is 3.75. The lowest BCUT2D eigenvalue weighted by Gasteiger charge is -2.19. The van der Waals surface area contributed by atoms with E-state index in [1.54, 1.807) is 0 Å². The summed E-state index contributed by atoms with van der Waals surface area (Å²) in [5, 5.41) is 3.78. The van der Waals surface area contributed by atoms with Crippen molar-refractivity contribution in [1.82, 2.24) is 5.32 Å². The molecule has 2 unspecified atom stereocenters. The van der Waals surface area contributed by atoms with Gasteiger partial charge in [-0.15, -0.1) is 12.4 Å². The standard InChI is InChI=1S/C14H19ClN2O.ClH/c15-12-6-4-10(5-7-12)8-14(18)17-13-3-1-2-11(13)9-16;/h4-7,11,13H,1-3,8-9,16H2,(H,17,18);1H. The summed E-state index contributed by atoms with van der Waals surface area (Å²) in [6.45, 7) is 0.659.